The Hall–Kier alpha value is -4.58. The lowest BCUT2D eigenvalue weighted by Gasteiger charge is -2.11. The number of fused-ring (bicyclic) bond motifs is 1. The Labute approximate surface area is 209 Å². The van der Waals surface area contributed by atoms with Gasteiger partial charge >= 0.3 is 5.97 Å². The van der Waals surface area contributed by atoms with Crippen molar-refractivity contribution in [2.24, 2.45) is 0 Å². The fourth-order valence-corrected chi connectivity index (χ4v) is 4.38. The zero-order valence-electron chi connectivity index (χ0n) is 19.9. The fourth-order valence-electron chi connectivity index (χ4n) is 4.38. The molecule has 0 aliphatic rings. The van der Waals surface area contributed by atoms with Crippen LogP contribution < -0.4 is 4.74 Å². The molecule has 0 saturated carbocycles. The van der Waals surface area contributed by atoms with Crippen molar-refractivity contribution in [3.63, 3.8) is 0 Å². The highest BCUT2D eigenvalue weighted by atomic mass is 16.5. The van der Waals surface area contributed by atoms with Crippen molar-refractivity contribution in [2.75, 3.05) is 6.61 Å². The van der Waals surface area contributed by atoms with E-state index in [1.54, 1.807) is 10.6 Å². The Balaban J connectivity index is 1.30. The number of aromatic carboxylic acids is 1. The molecular formula is C30H26N2O4. The molecule has 6 nitrogen and oxygen atoms in total. The van der Waals surface area contributed by atoms with E-state index in [1.807, 2.05) is 103 Å². The molecule has 6 heteroatoms. The van der Waals surface area contributed by atoms with Crippen LogP contribution in [-0.4, -0.2) is 32.6 Å². The lowest BCUT2D eigenvalue weighted by atomic mass is 10.1. The number of carbonyl (C=O) groups excluding carboxylic acids is 1. The molecular weight excluding hydrogens is 452 g/mol. The summed E-state index contributed by atoms with van der Waals surface area (Å²) < 4.78 is 9.68. The third kappa shape index (κ3) is 4.79. The summed E-state index contributed by atoms with van der Waals surface area (Å²) in [4.78, 5) is 24.8. The van der Waals surface area contributed by atoms with Gasteiger partial charge in [0.25, 0.3) is 0 Å². The summed E-state index contributed by atoms with van der Waals surface area (Å²) in [6, 6.07) is 28.3. The number of aromatic nitrogens is 2. The van der Waals surface area contributed by atoms with Crippen LogP contribution in [0.25, 0.3) is 10.9 Å². The minimum absolute atomic E-state index is 0.0256. The van der Waals surface area contributed by atoms with Gasteiger partial charge in [-0.3, -0.25) is 4.79 Å². The van der Waals surface area contributed by atoms with E-state index in [9.17, 15) is 14.7 Å². The maximum Gasteiger partial charge on any atom is 0.352 e. The maximum atomic E-state index is 12.9. The standard InChI is InChI=1S/C30H26N2O4/c1-21-9-11-23(12-10-21)29(33)27-8-5-15-31(27)16-17-36-25-13-14-26-24(18-25)19-28(30(34)35)32(26)20-22-6-3-2-4-7-22/h2-15,18-19H,16-17,20H2,1H3,(H,34,35). The molecule has 1 N–H and O–H groups in total. The minimum atomic E-state index is -0.969. The zero-order chi connectivity index (χ0) is 25.1. The van der Waals surface area contributed by atoms with Gasteiger partial charge < -0.3 is 19.0 Å². The number of carbonyl (C=O) groups is 2. The molecule has 0 aliphatic carbocycles. The quantitative estimate of drug-likeness (QED) is 0.272. The molecule has 0 aliphatic heterocycles. The van der Waals surface area contributed by atoms with Crippen molar-refractivity contribution in [1.82, 2.24) is 9.13 Å². The number of hydrogen-bond acceptors (Lipinski definition) is 3. The van der Waals surface area contributed by atoms with Gasteiger partial charge in [0.15, 0.2) is 0 Å². The Morgan fingerprint density at radius 3 is 2.39 bits per heavy atom. The van der Waals surface area contributed by atoms with E-state index in [0.717, 1.165) is 22.0 Å². The largest absolute Gasteiger partial charge is 0.492 e. The van der Waals surface area contributed by atoms with Gasteiger partial charge in [0.1, 0.15) is 18.1 Å². The molecule has 0 fully saturated rings. The second kappa shape index (κ2) is 9.96. The number of benzene rings is 3. The van der Waals surface area contributed by atoms with E-state index in [1.165, 1.54) is 0 Å². The second-order valence-electron chi connectivity index (χ2n) is 8.76. The SMILES string of the molecule is Cc1ccc(C(=O)c2cccn2CCOc2ccc3c(c2)cc(C(=O)O)n3Cc2ccccc2)cc1. The Morgan fingerprint density at radius 2 is 1.64 bits per heavy atom. The zero-order valence-corrected chi connectivity index (χ0v) is 19.9. The van der Waals surface area contributed by atoms with Gasteiger partial charge in [0, 0.05) is 29.2 Å². The van der Waals surface area contributed by atoms with Crippen LogP contribution in [0.2, 0.25) is 0 Å². The van der Waals surface area contributed by atoms with E-state index < -0.39 is 5.97 Å². The van der Waals surface area contributed by atoms with E-state index in [-0.39, 0.29) is 11.5 Å². The minimum Gasteiger partial charge on any atom is -0.492 e. The highest BCUT2D eigenvalue weighted by Gasteiger charge is 2.16. The predicted octanol–water partition coefficient (Wildman–Crippen LogP) is 5.81. The van der Waals surface area contributed by atoms with Crippen LogP contribution in [-0.2, 0) is 13.1 Å². The Kier molecular flexibility index (Phi) is 6.41. The molecule has 0 amide bonds. The van der Waals surface area contributed by atoms with Crippen LogP contribution in [0.3, 0.4) is 0 Å². The topological polar surface area (TPSA) is 73.5 Å². The smallest absolute Gasteiger partial charge is 0.352 e. The van der Waals surface area contributed by atoms with Crippen molar-refractivity contribution in [3.8, 4) is 5.75 Å². The number of aryl methyl sites for hydroxylation is 1. The highest BCUT2D eigenvalue weighted by Crippen LogP contribution is 2.26. The lowest BCUT2D eigenvalue weighted by molar-refractivity contribution is 0.0686. The van der Waals surface area contributed by atoms with Crippen LogP contribution >= 0.6 is 0 Å². The van der Waals surface area contributed by atoms with E-state index in [4.69, 9.17) is 4.74 Å². The number of nitrogens with zero attached hydrogens (tertiary/aromatic N) is 2. The fraction of sp³-hybridized carbons (Fsp3) is 0.133. The molecule has 0 radical (unpaired) electrons. The molecule has 5 rings (SSSR count). The first-order valence-electron chi connectivity index (χ1n) is 11.8. The average molecular weight is 479 g/mol. The summed E-state index contributed by atoms with van der Waals surface area (Å²) in [7, 11) is 0. The van der Waals surface area contributed by atoms with Gasteiger partial charge in [-0.25, -0.2) is 4.79 Å². The van der Waals surface area contributed by atoms with Crippen molar-refractivity contribution >= 4 is 22.7 Å². The molecule has 0 unspecified atom stereocenters. The first-order valence-corrected chi connectivity index (χ1v) is 11.8. The van der Waals surface area contributed by atoms with Gasteiger partial charge in [-0.1, -0.05) is 60.2 Å². The van der Waals surface area contributed by atoms with E-state index >= 15 is 0 Å². The molecule has 0 spiro atoms. The number of ether oxygens (including phenoxy) is 1. The summed E-state index contributed by atoms with van der Waals surface area (Å²) in [6.45, 7) is 3.34. The summed E-state index contributed by atoms with van der Waals surface area (Å²) in [5.74, 6) is -0.347. The van der Waals surface area contributed by atoms with Crippen LogP contribution in [0.5, 0.6) is 5.75 Å². The van der Waals surface area contributed by atoms with Gasteiger partial charge in [0.2, 0.25) is 5.78 Å². The lowest BCUT2D eigenvalue weighted by Crippen LogP contribution is -2.14. The van der Waals surface area contributed by atoms with E-state index in [2.05, 4.69) is 0 Å². The van der Waals surface area contributed by atoms with Gasteiger partial charge in [-0.05, 0) is 48.9 Å². The molecule has 180 valence electrons. The normalized spacial score (nSPS) is 11.0. The van der Waals surface area contributed by atoms with Gasteiger partial charge in [0.05, 0.1) is 12.2 Å². The van der Waals surface area contributed by atoms with Crippen molar-refractivity contribution < 1.29 is 19.4 Å². The Morgan fingerprint density at radius 1 is 0.861 bits per heavy atom. The number of hydrogen-bond donors (Lipinski definition) is 1. The van der Waals surface area contributed by atoms with E-state index in [0.29, 0.717) is 36.7 Å². The third-order valence-electron chi connectivity index (χ3n) is 6.25. The summed E-state index contributed by atoms with van der Waals surface area (Å²) >= 11 is 0. The Bertz CT molecular complexity index is 1530. The van der Waals surface area contributed by atoms with Crippen LogP contribution in [0.4, 0.5) is 0 Å². The highest BCUT2D eigenvalue weighted by molar-refractivity contribution is 6.08. The van der Waals surface area contributed by atoms with Crippen molar-refractivity contribution in [2.45, 2.75) is 20.0 Å². The number of carboxylic acid groups (broad SMARTS) is 1. The number of ketones is 1. The van der Waals surface area contributed by atoms with Gasteiger partial charge in [-0.2, -0.15) is 0 Å². The molecule has 0 saturated heterocycles. The molecule has 2 heterocycles. The van der Waals surface area contributed by atoms with Crippen molar-refractivity contribution in [1.29, 1.82) is 0 Å². The molecule has 0 atom stereocenters. The average Bonchev–Trinajstić information content (AvgIpc) is 3.49. The molecule has 3 aromatic carbocycles. The number of carboxylic acids is 1. The maximum absolute atomic E-state index is 12.9. The van der Waals surface area contributed by atoms with Crippen LogP contribution in [0.1, 0.15) is 37.7 Å². The summed E-state index contributed by atoms with van der Waals surface area (Å²) in [5, 5.41) is 10.5. The number of rotatable bonds is 9. The summed E-state index contributed by atoms with van der Waals surface area (Å²) in [6.07, 6.45) is 1.87. The first-order chi connectivity index (χ1) is 17.5. The molecule has 0 bridgehead atoms. The van der Waals surface area contributed by atoms with Crippen LogP contribution in [0.15, 0.2) is 97.2 Å². The second-order valence-corrected chi connectivity index (χ2v) is 8.76. The summed E-state index contributed by atoms with van der Waals surface area (Å²) in [5.41, 5.74) is 4.47. The first kappa shape index (κ1) is 23.2. The molecule has 2 aromatic heterocycles. The van der Waals surface area contributed by atoms with Crippen molar-refractivity contribution in [3.05, 3.63) is 125 Å². The monoisotopic (exact) mass is 478 g/mol. The van der Waals surface area contributed by atoms with Crippen LogP contribution in [0, 0.1) is 6.92 Å². The van der Waals surface area contributed by atoms with Gasteiger partial charge in [-0.15, -0.1) is 0 Å². The predicted molar refractivity (Wildman–Crippen MR) is 139 cm³/mol. The molecule has 5 aromatic rings. The third-order valence-corrected chi connectivity index (χ3v) is 6.25. The molecule has 36 heavy (non-hydrogen) atoms.